The number of carbonyl (C=O) groups excluding carboxylic acids is 1. The van der Waals surface area contributed by atoms with Gasteiger partial charge in [-0.1, -0.05) is 0 Å². The molecule has 0 aliphatic rings. The van der Waals surface area contributed by atoms with E-state index in [0.717, 1.165) is 21.6 Å². The molecule has 2 N–H and O–H groups in total. The smallest absolute Gasteiger partial charge is 0.270 e. The highest BCUT2D eigenvalue weighted by Gasteiger charge is 2.21. The van der Waals surface area contributed by atoms with Crippen molar-refractivity contribution in [3.8, 4) is 0 Å². The van der Waals surface area contributed by atoms with Gasteiger partial charge in [-0.3, -0.25) is 9.78 Å². The Labute approximate surface area is 126 Å². The Balaban J connectivity index is 2.04. The fourth-order valence-electron chi connectivity index (χ4n) is 2.07. The highest BCUT2D eigenvalue weighted by atomic mass is 32.1. The predicted molar refractivity (Wildman–Crippen MR) is 85.7 cm³/mol. The molecule has 21 heavy (non-hydrogen) atoms. The second kappa shape index (κ2) is 5.14. The van der Waals surface area contributed by atoms with Crippen molar-refractivity contribution < 1.29 is 4.79 Å². The third kappa shape index (κ3) is 2.34. The molecule has 0 spiro atoms. The van der Waals surface area contributed by atoms with Gasteiger partial charge in [-0.25, -0.2) is 4.98 Å². The zero-order chi connectivity index (χ0) is 15.0. The van der Waals surface area contributed by atoms with E-state index in [2.05, 4.69) is 9.97 Å². The zero-order valence-electron chi connectivity index (χ0n) is 11.7. The van der Waals surface area contributed by atoms with E-state index in [9.17, 15) is 4.79 Å². The van der Waals surface area contributed by atoms with Crippen LogP contribution < -0.4 is 10.6 Å². The number of fused-ring (bicyclic) bond motifs is 1. The molecule has 3 aromatic heterocycles. The number of nitrogens with two attached hydrogens (primary N) is 1. The first-order valence-corrected chi connectivity index (χ1v) is 7.23. The van der Waals surface area contributed by atoms with Gasteiger partial charge >= 0.3 is 0 Å². The second-order valence-corrected chi connectivity index (χ2v) is 5.72. The number of carbonyl (C=O) groups is 1. The van der Waals surface area contributed by atoms with Crippen LogP contribution in [0, 0.1) is 6.92 Å². The molecule has 0 bridgehead atoms. The molecule has 0 saturated heterocycles. The fraction of sp³-hybridized carbons (Fsp3) is 0.133. The number of aryl methyl sites for hydroxylation is 1. The summed E-state index contributed by atoms with van der Waals surface area (Å²) in [5.41, 5.74) is 8.23. The molecule has 0 aromatic carbocycles. The van der Waals surface area contributed by atoms with Crippen LogP contribution in [0.25, 0.3) is 10.2 Å². The quantitative estimate of drug-likeness (QED) is 0.789. The molecule has 1 amide bonds. The number of aromatic nitrogens is 2. The molecule has 3 aromatic rings. The van der Waals surface area contributed by atoms with E-state index >= 15 is 0 Å². The normalized spacial score (nSPS) is 10.8. The Morgan fingerprint density at radius 1 is 1.33 bits per heavy atom. The third-order valence-electron chi connectivity index (χ3n) is 3.27. The van der Waals surface area contributed by atoms with Crippen molar-refractivity contribution in [2.45, 2.75) is 6.92 Å². The molecule has 3 heterocycles. The summed E-state index contributed by atoms with van der Waals surface area (Å²) in [5, 5.41) is 0.827. The SMILES string of the molecule is Cc1ccc2c(N)c(C(=O)N(C)c3cccnc3)sc2n1. The van der Waals surface area contributed by atoms with Gasteiger partial charge in [0.05, 0.1) is 17.6 Å². The minimum Gasteiger partial charge on any atom is -0.397 e. The monoisotopic (exact) mass is 298 g/mol. The maximum absolute atomic E-state index is 12.6. The molecule has 106 valence electrons. The summed E-state index contributed by atoms with van der Waals surface area (Å²) in [6.45, 7) is 1.92. The van der Waals surface area contributed by atoms with Gasteiger partial charge in [-0.15, -0.1) is 11.3 Å². The van der Waals surface area contributed by atoms with Crippen LogP contribution in [0.3, 0.4) is 0 Å². The molecule has 0 radical (unpaired) electrons. The van der Waals surface area contributed by atoms with E-state index in [1.807, 2.05) is 25.1 Å². The minimum atomic E-state index is -0.152. The number of anilines is 2. The molecule has 6 heteroatoms. The lowest BCUT2D eigenvalue weighted by Crippen LogP contribution is -2.26. The Kier molecular flexibility index (Phi) is 3.31. The standard InChI is InChI=1S/C15H14N4OS/c1-9-5-6-11-12(16)13(21-14(11)18-9)15(20)19(2)10-4-3-7-17-8-10/h3-8H,16H2,1-2H3. The number of rotatable bonds is 2. The molecule has 0 fully saturated rings. The zero-order valence-corrected chi connectivity index (χ0v) is 12.5. The molecule has 0 unspecified atom stereocenters. The number of amides is 1. The first-order valence-electron chi connectivity index (χ1n) is 6.41. The molecule has 0 aliphatic heterocycles. The van der Waals surface area contributed by atoms with Crippen LogP contribution in [0.2, 0.25) is 0 Å². The first-order chi connectivity index (χ1) is 10.1. The van der Waals surface area contributed by atoms with Crippen LogP contribution in [0.5, 0.6) is 0 Å². The van der Waals surface area contributed by atoms with Gasteiger partial charge in [0.2, 0.25) is 0 Å². The Morgan fingerprint density at radius 2 is 2.14 bits per heavy atom. The average Bonchev–Trinajstić information content (AvgIpc) is 2.83. The van der Waals surface area contributed by atoms with Crippen LogP contribution in [0.15, 0.2) is 36.7 Å². The highest BCUT2D eigenvalue weighted by Crippen LogP contribution is 2.33. The van der Waals surface area contributed by atoms with Crippen LogP contribution in [-0.4, -0.2) is 22.9 Å². The topological polar surface area (TPSA) is 72.1 Å². The largest absolute Gasteiger partial charge is 0.397 e. The van der Waals surface area contributed by atoms with Gasteiger partial charge in [0.15, 0.2) is 0 Å². The Morgan fingerprint density at radius 3 is 2.86 bits per heavy atom. The molecule has 0 atom stereocenters. The van der Waals surface area contributed by atoms with Crippen molar-refractivity contribution in [2.75, 3.05) is 17.7 Å². The van der Waals surface area contributed by atoms with Crippen molar-refractivity contribution in [1.82, 2.24) is 9.97 Å². The summed E-state index contributed by atoms with van der Waals surface area (Å²) >= 11 is 1.32. The predicted octanol–water partition coefficient (Wildman–Crippen LogP) is 2.86. The van der Waals surface area contributed by atoms with Crippen molar-refractivity contribution >= 4 is 38.8 Å². The van der Waals surface area contributed by atoms with Crippen molar-refractivity contribution in [3.05, 3.63) is 47.2 Å². The lowest BCUT2D eigenvalue weighted by atomic mass is 10.2. The van der Waals surface area contributed by atoms with Gasteiger partial charge in [0, 0.05) is 24.3 Å². The van der Waals surface area contributed by atoms with Gasteiger partial charge in [0.1, 0.15) is 9.71 Å². The molecule has 5 nitrogen and oxygen atoms in total. The van der Waals surface area contributed by atoms with Crippen LogP contribution in [0.4, 0.5) is 11.4 Å². The molecule has 0 aliphatic carbocycles. The molecule has 0 saturated carbocycles. The van der Waals surface area contributed by atoms with Crippen molar-refractivity contribution in [2.24, 2.45) is 0 Å². The van der Waals surface area contributed by atoms with E-state index in [0.29, 0.717) is 10.6 Å². The maximum atomic E-state index is 12.6. The van der Waals surface area contributed by atoms with Crippen LogP contribution in [-0.2, 0) is 0 Å². The number of nitrogen functional groups attached to an aromatic ring is 1. The summed E-state index contributed by atoms with van der Waals surface area (Å²) in [4.78, 5) is 23.9. The number of pyridine rings is 2. The van der Waals surface area contributed by atoms with Crippen molar-refractivity contribution in [3.63, 3.8) is 0 Å². The van der Waals surface area contributed by atoms with E-state index in [4.69, 9.17) is 5.73 Å². The lowest BCUT2D eigenvalue weighted by molar-refractivity contribution is 0.0997. The minimum absolute atomic E-state index is 0.152. The van der Waals surface area contributed by atoms with Crippen molar-refractivity contribution in [1.29, 1.82) is 0 Å². The van der Waals surface area contributed by atoms with Gasteiger partial charge in [-0.2, -0.15) is 0 Å². The van der Waals surface area contributed by atoms with E-state index in [1.54, 1.807) is 30.4 Å². The summed E-state index contributed by atoms with van der Waals surface area (Å²) in [7, 11) is 1.71. The first kappa shape index (κ1) is 13.5. The molecular formula is C15H14N4OS. The number of nitrogens with zero attached hydrogens (tertiary/aromatic N) is 3. The average molecular weight is 298 g/mol. The third-order valence-corrected chi connectivity index (χ3v) is 4.37. The van der Waals surface area contributed by atoms with Gasteiger partial charge in [-0.05, 0) is 31.2 Å². The van der Waals surface area contributed by atoms with E-state index in [-0.39, 0.29) is 5.91 Å². The maximum Gasteiger partial charge on any atom is 0.270 e. The highest BCUT2D eigenvalue weighted by molar-refractivity contribution is 7.21. The Bertz CT molecular complexity index is 813. The fourth-order valence-corrected chi connectivity index (χ4v) is 3.19. The van der Waals surface area contributed by atoms with E-state index in [1.165, 1.54) is 11.3 Å². The summed E-state index contributed by atoms with van der Waals surface area (Å²) < 4.78 is 0. The van der Waals surface area contributed by atoms with Crippen LogP contribution in [0.1, 0.15) is 15.4 Å². The molecular weight excluding hydrogens is 284 g/mol. The van der Waals surface area contributed by atoms with E-state index < -0.39 is 0 Å². The molecule has 3 rings (SSSR count). The summed E-state index contributed by atoms with van der Waals surface area (Å²) in [5.74, 6) is -0.152. The van der Waals surface area contributed by atoms with Gasteiger partial charge in [0.25, 0.3) is 5.91 Å². The number of hydrogen-bond donors (Lipinski definition) is 1. The summed E-state index contributed by atoms with van der Waals surface area (Å²) in [6, 6.07) is 7.42. The second-order valence-electron chi connectivity index (χ2n) is 4.73. The van der Waals surface area contributed by atoms with Gasteiger partial charge < -0.3 is 10.6 Å². The number of thiophene rings is 1. The van der Waals surface area contributed by atoms with Crippen LogP contribution >= 0.6 is 11.3 Å². The summed E-state index contributed by atoms with van der Waals surface area (Å²) in [6.07, 6.45) is 3.31. The lowest BCUT2D eigenvalue weighted by Gasteiger charge is -2.16. The Hall–Kier alpha value is -2.47. The number of hydrogen-bond acceptors (Lipinski definition) is 5.